The Bertz CT molecular complexity index is 981. The average Bonchev–Trinajstić information content (AvgIpc) is 2.76. The summed E-state index contributed by atoms with van der Waals surface area (Å²) in [4.78, 5) is 15.3. The maximum absolute atomic E-state index is 13.7. The second-order valence-electron chi connectivity index (χ2n) is 10.1. The van der Waals surface area contributed by atoms with Crippen molar-refractivity contribution < 1.29 is 13.9 Å². The molecule has 164 valence electrons. The fraction of sp³-hybridized carbons (Fsp3) is 0.500. The molecule has 2 aromatic rings. The Morgan fingerprint density at radius 1 is 1.13 bits per heavy atom. The van der Waals surface area contributed by atoms with Gasteiger partial charge in [-0.2, -0.15) is 0 Å². The van der Waals surface area contributed by atoms with Crippen molar-refractivity contribution in [1.82, 2.24) is 10.2 Å². The number of nitrogens with one attached hydrogen (secondary N) is 1. The number of halogens is 1. The van der Waals surface area contributed by atoms with Gasteiger partial charge >= 0.3 is 6.09 Å². The number of ether oxygens (including phenoxy) is 1. The van der Waals surface area contributed by atoms with Gasteiger partial charge in [-0.3, -0.25) is 4.90 Å². The highest BCUT2D eigenvalue weighted by Gasteiger charge is 2.40. The van der Waals surface area contributed by atoms with Crippen molar-refractivity contribution in [2.24, 2.45) is 11.3 Å². The van der Waals surface area contributed by atoms with E-state index in [9.17, 15) is 9.18 Å². The van der Waals surface area contributed by atoms with Crippen LogP contribution in [0.1, 0.15) is 50.3 Å². The summed E-state index contributed by atoms with van der Waals surface area (Å²) < 4.78 is 19.6. The molecule has 1 aliphatic carbocycles. The van der Waals surface area contributed by atoms with Crippen LogP contribution in [0.15, 0.2) is 42.5 Å². The van der Waals surface area contributed by atoms with Gasteiger partial charge in [-0.25, -0.2) is 9.18 Å². The molecule has 0 saturated carbocycles. The fourth-order valence-electron chi connectivity index (χ4n) is 5.58. The highest BCUT2D eigenvalue weighted by atomic mass is 19.1. The first-order valence-corrected chi connectivity index (χ1v) is 11.5. The molecule has 2 bridgehead atoms. The fourth-order valence-corrected chi connectivity index (χ4v) is 5.58. The van der Waals surface area contributed by atoms with Crippen LogP contribution in [0.5, 0.6) is 0 Å². The Kier molecular flexibility index (Phi) is 5.25. The first-order valence-electron chi connectivity index (χ1n) is 11.5. The van der Waals surface area contributed by atoms with Crippen molar-refractivity contribution in [1.29, 1.82) is 0 Å². The van der Waals surface area contributed by atoms with E-state index in [4.69, 9.17) is 4.74 Å². The molecule has 31 heavy (non-hydrogen) atoms. The van der Waals surface area contributed by atoms with Crippen molar-refractivity contribution in [3.8, 4) is 11.1 Å². The molecule has 6 rings (SSSR count). The number of carbonyl (C=O) groups excluding carboxylic acids is 1. The number of carbonyl (C=O) groups is 1. The minimum absolute atomic E-state index is 0.00373. The highest BCUT2D eigenvalue weighted by Crippen LogP contribution is 2.44. The summed E-state index contributed by atoms with van der Waals surface area (Å²) in [6.45, 7) is 7.52. The Hall–Kier alpha value is -2.40. The minimum Gasteiger partial charge on any atom is -0.445 e. The third-order valence-corrected chi connectivity index (χ3v) is 7.55. The van der Waals surface area contributed by atoms with Crippen LogP contribution in [0.4, 0.5) is 9.18 Å². The molecule has 3 fully saturated rings. The van der Waals surface area contributed by atoms with Gasteiger partial charge in [-0.05, 0) is 84.5 Å². The van der Waals surface area contributed by atoms with E-state index in [-0.39, 0.29) is 29.5 Å². The molecule has 3 heterocycles. The third kappa shape index (κ3) is 4.08. The van der Waals surface area contributed by atoms with Gasteiger partial charge in [0, 0.05) is 6.54 Å². The monoisotopic (exact) mass is 422 g/mol. The molecule has 1 unspecified atom stereocenters. The lowest BCUT2D eigenvalue weighted by molar-refractivity contribution is -0.0353. The number of amides is 1. The van der Waals surface area contributed by atoms with E-state index in [0.717, 1.165) is 62.0 Å². The van der Waals surface area contributed by atoms with Crippen LogP contribution in [-0.4, -0.2) is 36.7 Å². The predicted octanol–water partition coefficient (Wildman–Crippen LogP) is 5.33. The van der Waals surface area contributed by atoms with Crippen LogP contribution in [-0.2, 0) is 11.2 Å². The molecule has 0 radical (unpaired) electrons. The van der Waals surface area contributed by atoms with Crippen LogP contribution >= 0.6 is 0 Å². The van der Waals surface area contributed by atoms with Gasteiger partial charge in [0.15, 0.2) is 0 Å². The van der Waals surface area contributed by atoms with Gasteiger partial charge < -0.3 is 10.1 Å². The molecule has 2 aromatic carbocycles. The van der Waals surface area contributed by atoms with Crippen molar-refractivity contribution >= 4 is 6.09 Å². The summed E-state index contributed by atoms with van der Waals surface area (Å²) in [5.74, 6) is 0.266. The second-order valence-corrected chi connectivity index (χ2v) is 10.1. The van der Waals surface area contributed by atoms with Crippen LogP contribution in [0.25, 0.3) is 11.1 Å². The maximum Gasteiger partial charge on any atom is 0.407 e. The number of hydrogen-bond donors (Lipinski definition) is 1. The molecule has 1 amide bonds. The molecular formula is C26H31FN2O2. The standard InChI is InChI=1S/C26H31FN2O2/c1-26(2)11-8-20-14-19(18-4-3-5-21(27)15-18)6-7-22(20)24(26)28-25(30)31-23-16-29-12-9-17(23)10-13-29/h3-7,14-15,17,23-24H,8-13,16H2,1-2H3,(H,28,30)/t23-,24?/m0/s1. The van der Waals surface area contributed by atoms with Gasteiger partial charge in [0.1, 0.15) is 11.9 Å². The molecule has 4 nitrogen and oxygen atoms in total. The molecule has 0 spiro atoms. The second kappa shape index (κ2) is 7.94. The van der Waals surface area contributed by atoms with Crippen LogP contribution in [0.3, 0.4) is 0 Å². The van der Waals surface area contributed by atoms with E-state index < -0.39 is 0 Å². The first kappa shape index (κ1) is 20.5. The lowest BCUT2D eigenvalue weighted by Gasteiger charge is -2.44. The van der Waals surface area contributed by atoms with Gasteiger partial charge in [-0.1, -0.05) is 44.2 Å². The number of fused-ring (bicyclic) bond motifs is 4. The van der Waals surface area contributed by atoms with Crippen LogP contribution in [0, 0.1) is 17.2 Å². The molecule has 2 atom stereocenters. The minimum atomic E-state index is -0.307. The lowest BCUT2D eigenvalue weighted by atomic mass is 9.70. The van der Waals surface area contributed by atoms with E-state index >= 15 is 0 Å². The van der Waals surface area contributed by atoms with Gasteiger partial charge in [-0.15, -0.1) is 0 Å². The lowest BCUT2D eigenvalue weighted by Crippen LogP contribution is -2.53. The van der Waals surface area contributed by atoms with Crippen molar-refractivity contribution in [3.05, 3.63) is 59.4 Å². The number of rotatable bonds is 3. The molecule has 0 aromatic heterocycles. The Balaban J connectivity index is 1.35. The van der Waals surface area contributed by atoms with Gasteiger partial charge in [0.25, 0.3) is 0 Å². The average molecular weight is 423 g/mol. The number of hydrogen-bond acceptors (Lipinski definition) is 3. The molecule has 3 aliphatic heterocycles. The van der Waals surface area contributed by atoms with Crippen molar-refractivity contribution in [2.75, 3.05) is 19.6 Å². The molecule has 4 aliphatic rings. The van der Waals surface area contributed by atoms with E-state index in [1.165, 1.54) is 11.6 Å². The highest BCUT2D eigenvalue weighted by molar-refractivity contribution is 5.70. The summed E-state index contributed by atoms with van der Waals surface area (Å²) in [5.41, 5.74) is 4.17. The summed E-state index contributed by atoms with van der Waals surface area (Å²) >= 11 is 0. The summed E-state index contributed by atoms with van der Waals surface area (Å²) in [6, 6.07) is 12.9. The third-order valence-electron chi connectivity index (χ3n) is 7.55. The number of alkyl carbamates (subject to hydrolysis) is 1. The summed E-state index contributed by atoms with van der Waals surface area (Å²) in [7, 11) is 0. The zero-order valence-corrected chi connectivity index (χ0v) is 18.4. The van der Waals surface area contributed by atoms with Crippen LogP contribution in [0.2, 0.25) is 0 Å². The smallest absolute Gasteiger partial charge is 0.407 e. The zero-order valence-electron chi connectivity index (χ0n) is 18.4. The zero-order chi connectivity index (χ0) is 21.6. The van der Waals surface area contributed by atoms with Gasteiger partial charge in [0.2, 0.25) is 0 Å². The molecule has 3 saturated heterocycles. The Morgan fingerprint density at radius 3 is 2.61 bits per heavy atom. The van der Waals surface area contributed by atoms with Crippen molar-refractivity contribution in [3.63, 3.8) is 0 Å². The molecule has 1 N–H and O–H groups in total. The van der Waals surface area contributed by atoms with Gasteiger partial charge in [0.05, 0.1) is 6.04 Å². The largest absolute Gasteiger partial charge is 0.445 e. The maximum atomic E-state index is 13.7. The summed E-state index contributed by atoms with van der Waals surface area (Å²) in [5, 5.41) is 3.20. The SMILES string of the molecule is CC1(C)CCc2cc(-c3cccc(F)c3)ccc2C1NC(=O)O[C@H]1CN2CCC1CC2. The topological polar surface area (TPSA) is 41.6 Å². The number of piperidine rings is 3. The Morgan fingerprint density at radius 2 is 1.90 bits per heavy atom. The van der Waals surface area contributed by atoms with E-state index in [0.29, 0.717) is 5.92 Å². The Labute approximate surface area is 183 Å². The summed E-state index contributed by atoms with van der Waals surface area (Å²) in [6.07, 6.45) is 3.86. The molecular weight excluding hydrogens is 391 g/mol. The normalized spacial score (nSPS) is 28.6. The molecule has 5 heteroatoms. The van der Waals surface area contributed by atoms with Crippen LogP contribution < -0.4 is 5.32 Å². The predicted molar refractivity (Wildman–Crippen MR) is 119 cm³/mol. The number of nitrogens with zero attached hydrogens (tertiary/aromatic N) is 1. The van der Waals surface area contributed by atoms with E-state index in [2.05, 4.69) is 36.2 Å². The number of benzene rings is 2. The quantitative estimate of drug-likeness (QED) is 0.727. The van der Waals surface area contributed by atoms with E-state index in [1.54, 1.807) is 12.1 Å². The number of aryl methyl sites for hydroxylation is 1. The van der Waals surface area contributed by atoms with E-state index in [1.807, 2.05) is 12.1 Å². The van der Waals surface area contributed by atoms with Crippen molar-refractivity contribution in [2.45, 2.75) is 51.7 Å². The first-order chi connectivity index (χ1) is 14.9.